The van der Waals surface area contributed by atoms with Crippen LogP contribution in [-0.2, 0) is 0 Å². The van der Waals surface area contributed by atoms with Gasteiger partial charge in [0.15, 0.2) is 0 Å². The first-order valence-corrected chi connectivity index (χ1v) is 6.15. The molecule has 4 nitrogen and oxygen atoms in total. The molecular weight excluding hydrogens is 233 g/mol. The number of benzene rings is 1. The van der Waals surface area contributed by atoms with Crippen molar-refractivity contribution in [3.63, 3.8) is 0 Å². The molecule has 0 saturated carbocycles. The van der Waals surface area contributed by atoms with E-state index in [0.29, 0.717) is 11.6 Å². The SMILES string of the molecule is CNCC1CCN(C(=O)Nc2ccc(F)cc2)C1. The van der Waals surface area contributed by atoms with E-state index in [4.69, 9.17) is 0 Å². The summed E-state index contributed by atoms with van der Waals surface area (Å²) in [7, 11) is 1.92. The van der Waals surface area contributed by atoms with Crippen molar-refractivity contribution in [3.8, 4) is 0 Å². The van der Waals surface area contributed by atoms with Crippen LogP contribution < -0.4 is 10.6 Å². The number of hydrogen-bond acceptors (Lipinski definition) is 2. The van der Waals surface area contributed by atoms with E-state index in [0.717, 1.165) is 26.1 Å². The summed E-state index contributed by atoms with van der Waals surface area (Å²) in [4.78, 5) is 13.7. The van der Waals surface area contributed by atoms with Crippen LogP contribution in [0.5, 0.6) is 0 Å². The molecule has 5 heteroatoms. The Morgan fingerprint density at radius 2 is 2.17 bits per heavy atom. The molecule has 18 heavy (non-hydrogen) atoms. The van der Waals surface area contributed by atoms with Gasteiger partial charge >= 0.3 is 6.03 Å². The fourth-order valence-electron chi connectivity index (χ4n) is 2.21. The number of nitrogens with zero attached hydrogens (tertiary/aromatic N) is 1. The molecule has 2 rings (SSSR count). The Bertz CT molecular complexity index is 407. The lowest BCUT2D eigenvalue weighted by Gasteiger charge is -2.17. The molecule has 0 aliphatic carbocycles. The van der Waals surface area contributed by atoms with Crippen molar-refractivity contribution in [1.29, 1.82) is 0 Å². The number of urea groups is 1. The highest BCUT2D eigenvalue weighted by atomic mass is 19.1. The van der Waals surface area contributed by atoms with Crippen LogP contribution in [0.3, 0.4) is 0 Å². The predicted octanol–water partition coefficient (Wildman–Crippen LogP) is 1.90. The number of rotatable bonds is 3. The molecule has 0 spiro atoms. The maximum absolute atomic E-state index is 12.7. The molecular formula is C13H18FN3O. The zero-order valence-corrected chi connectivity index (χ0v) is 10.4. The molecule has 1 saturated heterocycles. The third-order valence-corrected chi connectivity index (χ3v) is 3.16. The molecule has 1 fully saturated rings. The van der Waals surface area contributed by atoms with Gasteiger partial charge in [0, 0.05) is 18.8 Å². The minimum absolute atomic E-state index is 0.111. The predicted molar refractivity (Wildman–Crippen MR) is 69.0 cm³/mol. The zero-order valence-electron chi connectivity index (χ0n) is 10.4. The summed E-state index contributed by atoms with van der Waals surface area (Å²) in [6.45, 7) is 2.48. The highest BCUT2D eigenvalue weighted by molar-refractivity contribution is 5.89. The molecule has 1 heterocycles. The van der Waals surface area contributed by atoms with Crippen LogP contribution in [0.25, 0.3) is 0 Å². The normalized spacial score (nSPS) is 19.0. The van der Waals surface area contributed by atoms with E-state index < -0.39 is 0 Å². The van der Waals surface area contributed by atoms with E-state index >= 15 is 0 Å². The Labute approximate surface area is 106 Å². The molecule has 2 amide bonds. The van der Waals surface area contributed by atoms with Crippen LogP contribution >= 0.6 is 0 Å². The van der Waals surface area contributed by atoms with Crippen molar-refractivity contribution >= 4 is 11.7 Å². The van der Waals surface area contributed by atoms with Crippen LogP contribution in [0.4, 0.5) is 14.9 Å². The summed E-state index contributed by atoms with van der Waals surface area (Å²) >= 11 is 0. The fraction of sp³-hybridized carbons (Fsp3) is 0.462. The van der Waals surface area contributed by atoms with E-state index in [2.05, 4.69) is 10.6 Å². The molecule has 1 aromatic rings. The second-order valence-corrected chi connectivity index (χ2v) is 4.60. The van der Waals surface area contributed by atoms with Gasteiger partial charge in [-0.05, 0) is 50.2 Å². The topological polar surface area (TPSA) is 44.4 Å². The Morgan fingerprint density at radius 3 is 2.83 bits per heavy atom. The highest BCUT2D eigenvalue weighted by Crippen LogP contribution is 2.17. The van der Waals surface area contributed by atoms with E-state index in [1.54, 1.807) is 17.0 Å². The maximum Gasteiger partial charge on any atom is 0.321 e. The lowest BCUT2D eigenvalue weighted by Crippen LogP contribution is -2.33. The van der Waals surface area contributed by atoms with Gasteiger partial charge in [-0.2, -0.15) is 0 Å². The van der Waals surface area contributed by atoms with E-state index in [9.17, 15) is 9.18 Å². The average molecular weight is 251 g/mol. The largest absolute Gasteiger partial charge is 0.324 e. The molecule has 1 aliphatic rings. The quantitative estimate of drug-likeness (QED) is 0.861. The molecule has 98 valence electrons. The molecule has 2 N–H and O–H groups in total. The minimum Gasteiger partial charge on any atom is -0.324 e. The highest BCUT2D eigenvalue weighted by Gasteiger charge is 2.25. The summed E-state index contributed by atoms with van der Waals surface area (Å²) in [6, 6.07) is 5.69. The number of amides is 2. The summed E-state index contributed by atoms with van der Waals surface area (Å²) in [5.41, 5.74) is 0.624. The van der Waals surface area contributed by atoms with Gasteiger partial charge in [-0.1, -0.05) is 0 Å². The number of halogens is 1. The molecule has 1 aromatic carbocycles. The van der Waals surface area contributed by atoms with Crippen LogP contribution in [0.1, 0.15) is 6.42 Å². The van der Waals surface area contributed by atoms with Gasteiger partial charge in [-0.25, -0.2) is 9.18 Å². The first-order valence-electron chi connectivity index (χ1n) is 6.15. The summed E-state index contributed by atoms with van der Waals surface area (Å²) in [5, 5.41) is 5.90. The van der Waals surface area contributed by atoms with Gasteiger partial charge in [0.2, 0.25) is 0 Å². The van der Waals surface area contributed by atoms with Gasteiger partial charge in [-0.15, -0.1) is 0 Å². The van der Waals surface area contributed by atoms with Crippen LogP contribution in [0.2, 0.25) is 0 Å². The fourth-order valence-corrected chi connectivity index (χ4v) is 2.21. The standard InChI is InChI=1S/C13H18FN3O/c1-15-8-10-6-7-17(9-10)13(18)16-12-4-2-11(14)3-5-12/h2-5,10,15H,6-9H2,1H3,(H,16,18). The number of carbonyl (C=O) groups is 1. The smallest absolute Gasteiger partial charge is 0.321 e. The van der Waals surface area contributed by atoms with Crippen molar-refractivity contribution < 1.29 is 9.18 Å². The third kappa shape index (κ3) is 3.20. The Kier molecular flexibility index (Phi) is 4.15. The van der Waals surface area contributed by atoms with Gasteiger partial charge in [-0.3, -0.25) is 0 Å². The van der Waals surface area contributed by atoms with Crippen molar-refractivity contribution in [3.05, 3.63) is 30.1 Å². The third-order valence-electron chi connectivity index (χ3n) is 3.16. The van der Waals surface area contributed by atoms with Gasteiger partial charge < -0.3 is 15.5 Å². The van der Waals surface area contributed by atoms with Crippen molar-refractivity contribution in [2.24, 2.45) is 5.92 Å². The minimum atomic E-state index is -0.303. The van der Waals surface area contributed by atoms with Gasteiger partial charge in [0.1, 0.15) is 5.82 Å². The van der Waals surface area contributed by atoms with Crippen molar-refractivity contribution in [1.82, 2.24) is 10.2 Å². The zero-order chi connectivity index (χ0) is 13.0. The van der Waals surface area contributed by atoms with E-state index in [1.165, 1.54) is 12.1 Å². The Morgan fingerprint density at radius 1 is 1.44 bits per heavy atom. The molecule has 0 bridgehead atoms. The maximum atomic E-state index is 12.7. The second kappa shape index (κ2) is 5.82. The Hall–Kier alpha value is -1.62. The van der Waals surface area contributed by atoms with Gasteiger partial charge in [0.05, 0.1) is 0 Å². The van der Waals surface area contributed by atoms with E-state index in [1.807, 2.05) is 7.05 Å². The molecule has 1 unspecified atom stereocenters. The van der Waals surface area contributed by atoms with Gasteiger partial charge in [0.25, 0.3) is 0 Å². The Balaban J connectivity index is 1.87. The number of nitrogens with one attached hydrogen (secondary N) is 2. The average Bonchev–Trinajstić information content (AvgIpc) is 2.81. The summed E-state index contributed by atoms with van der Waals surface area (Å²) in [6.07, 6.45) is 1.03. The summed E-state index contributed by atoms with van der Waals surface area (Å²) in [5.74, 6) is 0.220. The van der Waals surface area contributed by atoms with E-state index in [-0.39, 0.29) is 11.8 Å². The molecule has 1 atom stereocenters. The van der Waals surface area contributed by atoms with Crippen LogP contribution in [-0.4, -0.2) is 37.6 Å². The monoisotopic (exact) mass is 251 g/mol. The second-order valence-electron chi connectivity index (χ2n) is 4.60. The first kappa shape index (κ1) is 12.8. The number of anilines is 1. The first-order chi connectivity index (χ1) is 8.69. The number of likely N-dealkylation sites (tertiary alicyclic amines) is 1. The van der Waals surface area contributed by atoms with Crippen molar-refractivity contribution in [2.75, 3.05) is 32.0 Å². The van der Waals surface area contributed by atoms with Crippen molar-refractivity contribution in [2.45, 2.75) is 6.42 Å². The molecule has 1 aliphatic heterocycles. The van der Waals surface area contributed by atoms with Crippen LogP contribution in [0, 0.1) is 11.7 Å². The molecule has 0 radical (unpaired) electrons. The lowest BCUT2D eigenvalue weighted by molar-refractivity contribution is 0.221. The molecule has 0 aromatic heterocycles. The van der Waals surface area contributed by atoms with Crippen LogP contribution in [0.15, 0.2) is 24.3 Å². The lowest BCUT2D eigenvalue weighted by atomic mass is 10.1. The number of hydrogen-bond donors (Lipinski definition) is 2. The number of carbonyl (C=O) groups excluding carboxylic acids is 1. The summed E-state index contributed by atoms with van der Waals surface area (Å²) < 4.78 is 12.7.